The number of benzene rings is 1. The van der Waals surface area contributed by atoms with Crippen molar-refractivity contribution in [3.8, 4) is 0 Å². The van der Waals surface area contributed by atoms with E-state index in [1.165, 1.54) is 13.0 Å². The van der Waals surface area contributed by atoms with Crippen LogP contribution in [0, 0.1) is 0 Å². The van der Waals surface area contributed by atoms with E-state index in [2.05, 4.69) is 10.3 Å². The van der Waals surface area contributed by atoms with Gasteiger partial charge in [-0.15, -0.1) is 0 Å². The van der Waals surface area contributed by atoms with E-state index in [1.807, 2.05) is 0 Å². The lowest BCUT2D eigenvalue weighted by molar-refractivity contribution is 0.0132. The van der Waals surface area contributed by atoms with Crippen LogP contribution in [0.5, 0.6) is 0 Å². The normalized spacial score (nSPS) is 13.9. The average molecular weight is 276 g/mol. The second-order valence-electron chi connectivity index (χ2n) is 4.88. The molecule has 0 saturated carbocycles. The summed E-state index contributed by atoms with van der Waals surface area (Å²) in [6, 6.07) is 8.18. The van der Waals surface area contributed by atoms with E-state index in [1.54, 1.807) is 24.3 Å². The number of carboxylic acid groups (broad SMARTS) is 1. The van der Waals surface area contributed by atoms with E-state index in [0.29, 0.717) is 16.7 Å². The molecule has 1 aromatic carbocycles. The van der Waals surface area contributed by atoms with Crippen molar-refractivity contribution in [1.29, 1.82) is 0 Å². The fraction of sp³-hybridized carbons (Fsp3) is 0.286. The summed E-state index contributed by atoms with van der Waals surface area (Å²) in [7, 11) is 0. The van der Waals surface area contributed by atoms with Gasteiger partial charge in [-0.1, -0.05) is 6.07 Å². The number of rotatable bonds is 5. The maximum absolute atomic E-state index is 11.1. The highest BCUT2D eigenvalue weighted by atomic mass is 16.4. The van der Waals surface area contributed by atoms with Crippen molar-refractivity contribution in [3.63, 3.8) is 0 Å². The summed E-state index contributed by atoms with van der Waals surface area (Å²) in [6.45, 7) is 1.28. The van der Waals surface area contributed by atoms with Gasteiger partial charge in [-0.05, 0) is 31.2 Å². The van der Waals surface area contributed by atoms with Gasteiger partial charge in [0, 0.05) is 11.9 Å². The Bertz CT molecular complexity index is 640. The van der Waals surface area contributed by atoms with Gasteiger partial charge in [-0.25, -0.2) is 9.78 Å². The number of aromatic carboxylic acids is 1. The zero-order valence-corrected chi connectivity index (χ0v) is 11.0. The molecule has 1 atom stereocenters. The summed E-state index contributed by atoms with van der Waals surface area (Å²) in [5.41, 5.74) is -0.484. The minimum Gasteiger partial charge on any atom is -0.478 e. The Morgan fingerprint density at radius 1 is 1.35 bits per heavy atom. The molecule has 0 spiro atoms. The molecule has 6 nitrogen and oxygen atoms in total. The number of carboxylic acids is 1. The maximum atomic E-state index is 11.1. The number of aliphatic hydroxyl groups is 2. The lowest BCUT2D eigenvalue weighted by Crippen LogP contribution is -2.37. The minimum atomic E-state index is -1.24. The number of nitrogens with one attached hydrogen (secondary N) is 1. The lowest BCUT2D eigenvalue weighted by Gasteiger charge is -2.21. The van der Waals surface area contributed by atoms with Crippen molar-refractivity contribution in [2.24, 2.45) is 0 Å². The Morgan fingerprint density at radius 3 is 2.75 bits per heavy atom. The highest BCUT2D eigenvalue weighted by molar-refractivity contribution is 6.02. The standard InChI is InChI=1S/C14H16N2O4/c1-14(20,8-17)7-15-12-6-5-9-10(13(18)19)3-2-4-11(9)16-12/h2-6,17,20H,7-8H2,1H3,(H,15,16)(H,18,19). The first-order valence-corrected chi connectivity index (χ1v) is 6.13. The van der Waals surface area contributed by atoms with Crippen LogP contribution in [-0.4, -0.2) is 45.0 Å². The number of nitrogens with zero attached hydrogens (tertiary/aromatic N) is 1. The quantitative estimate of drug-likeness (QED) is 0.652. The second kappa shape index (κ2) is 5.44. The van der Waals surface area contributed by atoms with Gasteiger partial charge in [0.05, 0.1) is 17.7 Å². The molecule has 2 aromatic rings. The average Bonchev–Trinajstić information content (AvgIpc) is 2.44. The third-order valence-electron chi connectivity index (χ3n) is 2.95. The molecule has 4 N–H and O–H groups in total. The van der Waals surface area contributed by atoms with Crippen molar-refractivity contribution in [1.82, 2.24) is 4.98 Å². The zero-order chi connectivity index (χ0) is 14.8. The van der Waals surface area contributed by atoms with Gasteiger partial charge >= 0.3 is 5.97 Å². The molecular formula is C14H16N2O4. The number of hydrogen-bond donors (Lipinski definition) is 4. The molecule has 20 heavy (non-hydrogen) atoms. The number of aliphatic hydroxyl groups excluding tert-OH is 1. The van der Waals surface area contributed by atoms with E-state index in [0.717, 1.165) is 0 Å². The molecule has 0 aliphatic carbocycles. The van der Waals surface area contributed by atoms with E-state index >= 15 is 0 Å². The van der Waals surface area contributed by atoms with Crippen molar-refractivity contribution in [3.05, 3.63) is 35.9 Å². The van der Waals surface area contributed by atoms with Crippen molar-refractivity contribution in [2.75, 3.05) is 18.5 Å². The molecule has 0 bridgehead atoms. The number of hydrogen-bond acceptors (Lipinski definition) is 5. The first kappa shape index (κ1) is 14.2. The van der Waals surface area contributed by atoms with Crippen LogP contribution in [0.1, 0.15) is 17.3 Å². The van der Waals surface area contributed by atoms with Gasteiger partial charge in [0.25, 0.3) is 0 Å². The highest BCUT2D eigenvalue weighted by Crippen LogP contribution is 2.19. The topological polar surface area (TPSA) is 103 Å². The molecule has 0 saturated heterocycles. The first-order valence-electron chi connectivity index (χ1n) is 6.13. The first-order chi connectivity index (χ1) is 9.43. The van der Waals surface area contributed by atoms with Gasteiger partial charge in [0.2, 0.25) is 0 Å². The molecule has 2 rings (SSSR count). The fourth-order valence-electron chi connectivity index (χ4n) is 1.78. The molecule has 1 unspecified atom stereocenters. The monoisotopic (exact) mass is 276 g/mol. The van der Waals surface area contributed by atoms with Crippen LogP contribution in [0.15, 0.2) is 30.3 Å². The third-order valence-corrected chi connectivity index (χ3v) is 2.95. The predicted molar refractivity (Wildman–Crippen MR) is 74.9 cm³/mol. The van der Waals surface area contributed by atoms with Gasteiger partial charge in [0.15, 0.2) is 0 Å². The van der Waals surface area contributed by atoms with Gasteiger partial charge in [-0.2, -0.15) is 0 Å². The van der Waals surface area contributed by atoms with Crippen molar-refractivity contribution >= 4 is 22.7 Å². The third kappa shape index (κ3) is 3.04. The fourth-order valence-corrected chi connectivity index (χ4v) is 1.78. The number of pyridine rings is 1. The molecule has 0 aliphatic heterocycles. The molecule has 0 amide bonds. The van der Waals surface area contributed by atoms with E-state index < -0.39 is 11.6 Å². The summed E-state index contributed by atoms with van der Waals surface area (Å²) < 4.78 is 0. The van der Waals surface area contributed by atoms with Crippen LogP contribution in [0.3, 0.4) is 0 Å². The van der Waals surface area contributed by atoms with Crippen LogP contribution in [-0.2, 0) is 0 Å². The molecule has 0 aliphatic rings. The van der Waals surface area contributed by atoms with Crippen LogP contribution < -0.4 is 5.32 Å². The minimum absolute atomic E-state index is 0.140. The smallest absolute Gasteiger partial charge is 0.336 e. The number of fused-ring (bicyclic) bond motifs is 1. The second-order valence-corrected chi connectivity index (χ2v) is 4.88. The molecule has 1 heterocycles. The van der Waals surface area contributed by atoms with Crippen LogP contribution in [0.4, 0.5) is 5.82 Å². The Balaban J connectivity index is 2.29. The zero-order valence-electron chi connectivity index (χ0n) is 11.0. The largest absolute Gasteiger partial charge is 0.478 e. The highest BCUT2D eigenvalue weighted by Gasteiger charge is 2.18. The van der Waals surface area contributed by atoms with Crippen LogP contribution in [0.2, 0.25) is 0 Å². The SMILES string of the molecule is CC(O)(CO)CNc1ccc2c(C(=O)O)cccc2n1. The van der Waals surface area contributed by atoms with Crippen LogP contribution >= 0.6 is 0 Å². The summed E-state index contributed by atoms with van der Waals surface area (Å²) in [4.78, 5) is 15.4. The summed E-state index contributed by atoms with van der Waals surface area (Å²) >= 11 is 0. The Labute approximate surface area is 115 Å². The predicted octanol–water partition coefficient (Wildman–Crippen LogP) is 1.09. The number of carbonyl (C=O) groups is 1. The summed E-state index contributed by atoms with van der Waals surface area (Å²) in [6.07, 6.45) is 0. The molecule has 0 fully saturated rings. The van der Waals surface area contributed by atoms with E-state index in [9.17, 15) is 9.90 Å². The molecule has 1 aromatic heterocycles. The maximum Gasteiger partial charge on any atom is 0.336 e. The van der Waals surface area contributed by atoms with Gasteiger partial charge < -0.3 is 20.6 Å². The van der Waals surface area contributed by atoms with Crippen LogP contribution in [0.25, 0.3) is 10.9 Å². The Kier molecular flexibility index (Phi) is 3.87. The lowest BCUT2D eigenvalue weighted by atomic mass is 10.1. The molecule has 0 radical (unpaired) electrons. The van der Waals surface area contributed by atoms with E-state index in [-0.39, 0.29) is 18.7 Å². The van der Waals surface area contributed by atoms with Crippen molar-refractivity contribution in [2.45, 2.75) is 12.5 Å². The number of anilines is 1. The Hall–Kier alpha value is -2.18. The molecule has 106 valence electrons. The number of aromatic nitrogens is 1. The summed E-state index contributed by atoms with van der Waals surface area (Å²) in [5.74, 6) is -0.491. The van der Waals surface area contributed by atoms with E-state index in [4.69, 9.17) is 10.2 Å². The van der Waals surface area contributed by atoms with Crippen molar-refractivity contribution < 1.29 is 20.1 Å². The van der Waals surface area contributed by atoms with Gasteiger partial charge in [0.1, 0.15) is 11.4 Å². The van der Waals surface area contributed by atoms with Gasteiger partial charge in [-0.3, -0.25) is 0 Å². The Morgan fingerprint density at radius 2 is 2.10 bits per heavy atom. The summed E-state index contributed by atoms with van der Waals surface area (Å²) in [5, 5.41) is 31.2. The molecule has 6 heteroatoms. The molecular weight excluding hydrogens is 260 g/mol.